The molecule has 4 saturated heterocycles. The van der Waals surface area contributed by atoms with Crippen molar-refractivity contribution in [2.75, 3.05) is 46.3 Å². The fourth-order valence-electron chi connectivity index (χ4n) is 7.26. The molecule has 0 amide bonds. The Labute approximate surface area is 167 Å². The molecule has 27 heavy (non-hydrogen) atoms. The second-order valence-electron chi connectivity index (χ2n) is 11.7. The van der Waals surface area contributed by atoms with E-state index < -0.39 is 0 Å². The van der Waals surface area contributed by atoms with Gasteiger partial charge in [0.25, 0.3) is 0 Å². The van der Waals surface area contributed by atoms with Crippen molar-refractivity contribution in [2.45, 2.75) is 83.7 Å². The summed E-state index contributed by atoms with van der Waals surface area (Å²) in [5.74, 6) is 1.94. The van der Waals surface area contributed by atoms with Gasteiger partial charge in [0.1, 0.15) is 0 Å². The van der Waals surface area contributed by atoms with Gasteiger partial charge in [-0.2, -0.15) is 0 Å². The highest BCUT2D eigenvalue weighted by atomic mass is 15.4. The Bertz CT molecular complexity index is 514. The lowest BCUT2D eigenvalue weighted by atomic mass is 9.57. The zero-order valence-corrected chi connectivity index (χ0v) is 18.3. The molecule has 0 radical (unpaired) electrons. The van der Waals surface area contributed by atoms with Crippen LogP contribution in [0.15, 0.2) is 0 Å². The lowest BCUT2D eigenvalue weighted by molar-refractivity contribution is -0.107. The molecule has 6 rings (SSSR count). The highest BCUT2D eigenvalue weighted by Gasteiger charge is 2.52. The van der Waals surface area contributed by atoms with E-state index in [4.69, 9.17) is 0 Å². The van der Waals surface area contributed by atoms with Crippen LogP contribution in [0.3, 0.4) is 0 Å². The molecule has 4 aliphatic heterocycles. The third kappa shape index (κ3) is 3.73. The van der Waals surface area contributed by atoms with Crippen LogP contribution in [0.25, 0.3) is 0 Å². The van der Waals surface area contributed by atoms with Crippen LogP contribution in [0, 0.1) is 22.7 Å². The van der Waals surface area contributed by atoms with E-state index in [9.17, 15) is 0 Å². The molecule has 3 atom stereocenters. The molecule has 0 aromatic carbocycles. The van der Waals surface area contributed by atoms with Crippen molar-refractivity contribution in [3.05, 3.63) is 0 Å². The molecule has 3 nitrogen and oxygen atoms in total. The van der Waals surface area contributed by atoms with E-state index in [1.165, 1.54) is 84.2 Å². The summed E-state index contributed by atoms with van der Waals surface area (Å²) in [5, 5.41) is 0. The van der Waals surface area contributed by atoms with Crippen molar-refractivity contribution in [1.29, 1.82) is 0 Å². The first kappa shape index (κ1) is 18.9. The van der Waals surface area contributed by atoms with Gasteiger partial charge in [0, 0.05) is 38.3 Å². The maximum Gasteiger partial charge on any atom is 0.0242 e. The largest absolute Gasteiger partial charge is 0.306 e. The number of piperidine rings is 2. The zero-order chi connectivity index (χ0) is 18.6. The Morgan fingerprint density at radius 3 is 2.26 bits per heavy atom. The summed E-state index contributed by atoms with van der Waals surface area (Å²) in [6, 6.07) is 1.80. The number of nitrogens with zero attached hydrogens (tertiary/aromatic N) is 3. The van der Waals surface area contributed by atoms with Crippen LogP contribution in [0.1, 0.15) is 71.6 Å². The van der Waals surface area contributed by atoms with Crippen molar-refractivity contribution >= 4 is 0 Å². The lowest BCUT2D eigenvalue weighted by Gasteiger charge is -2.60. The maximum absolute atomic E-state index is 2.93. The molecule has 2 aliphatic carbocycles. The highest BCUT2D eigenvalue weighted by molar-refractivity contribution is 5.06. The molecule has 6 fully saturated rings. The van der Waals surface area contributed by atoms with Crippen molar-refractivity contribution in [3.8, 4) is 0 Å². The Morgan fingerprint density at radius 1 is 1.00 bits per heavy atom. The zero-order valence-electron chi connectivity index (χ0n) is 18.3. The molecule has 4 heterocycles. The fraction of sp³-hybridized carbons (Fsp3) is 1.00. The van der Waals surface area contributed by atoms with Gasteiger partial charge in [0.15, 0.2) is 0 Å². The van der Waals surface area contributed by atoms with Crippen LogP contribution in [-0.4, -0.2) is 73.1 Å². The smallest absolute Gasteiger partial charge is 0.0242 e. The predicted octanol–water partition coefficient (Wildman–Crippen LogP) is 4.08. The number of likely N-dealkylation sites (tertiary alicyclic amines) is 1. The molecule has 3 heteroatoms. The molecule has 0 N–H and O–H groups in total. The summed E-state index contributed by atoms with van der Waals surface area (Å²) in [6.07, 6.45) is 13.4. The minimum Gasteiger partial charge on any atom is -0.306 e. The van der Waals surface area contributed by atoms with Crippen LogP contribution in [0.4, 0.5) is 0 Å². The van der Waals surface area contributed by atoms with E-state index in [1.807, 2.05) is 0 Å². The Morgan fingerprint density at radius 2 is 1.67 bits per heavy atom. The van der Waals surface area contributed by atoms with Gasteiger partial charge < -0.3 is 4.90 Å². The Kier molecular flexibility index (Phi) is 4.89. The Balaban J connectivity index is 1.06. The molecule has 3 unspecified atom stereocenters. The molecule has 6 aliphatic rings. The molecule has 154 valence electrons. The number of hydrogen-bond acceptors (Lipinski definition) is 3. The second-order valence-corrected chi connectivity index (χ2v) is 11.7. The maximum atomic E-state index is 2.93. The van der Waals surface area contributed by atoms with E-state index in [0.29, 0.717) is 0 Å². The second kappa shape index (κ2) is 6.99. The van der Waals surface area contributed by atoms with Crippen LogP contribution >= 0.6 is 0 Å². The van der Waals surface area contributed by atoms with Gasteiger partial charge in [-0.1, -0.05) is 20.3 Å². The molecule has 2 saturated carbocycles. The summed E-state index contributed by atoms with van der Waals surface area (Å²) in [4.78, 5) is 8.32. The highest BCUT2D eigenvalue weighted by Crippen LogP contribution is 2.54. The van der Waals surface area contributed by atoms with E-state index in [0.717, 1.165) is 34.7 Å². The SMILES string of the molecule is CCC(C)CC1(CN2CC3CC(C2)N3CC2CC3(CCN(C)CC3)C2)CC1. The standard InChI is InChI=1S/C24H43N3/c1-4-19(2)12-24(5-6-24)18-26-16-21-11-22(17-26)27(21)15-20-13-23(14-20)7-9-25(3)10-8-23/h19-22H,4-18H2,1-3H3. The normalized spacial score (nSPS) is 37.0. The van der Waals surface area contributed by atoms with Gasteiger partial charge in [-0.15, -0.1) is 0 Å². The Hall–Kier alpha value is -0.120. The topological polar surface area (TPSA) is 9.72 Å². The lowest BCUT2D eigenvalue weighted by Crippen LogP contribution is -2.70. The van der Waals surface area contributed by atoms with Gasteiger partial charge >= 0.3 is 0 Å². The number of fused-ring (bicyclic) bond motifs is 2. The number of hydrogen-bond donors (Lipinski definition) is 0. The van der Waals surface area contributed by atoms with E-state index >= 15 is 0 Å². The van der Waals surface area contributed by atoms with E-state index in [2.05, 4.69) is 35.6 Å². The molecule has 0 aromatic heterocycles. The summed E-state index contributed by atoms with van der Waals surface area (Å²) in [7, 11) is 2.30. The molecule has 1 spiro atoms. The van der Waals surface area contributed by atoms with Gasteiger partial charge in [-0.25, -0.2) is 0 Å². The third-order valence-corrected chi connectivity index (χ3v) is 9.37. The van der Waals surface area contributed by atoms with Gasteiger partial charge in [-0.05, 0) is 94.2 Å². The molecule has 2 bridgehead atoms. The van der Waals surface area contributed by atoms with Crippen molar-refractivity contribution in [3.63, 3.8) is 0 Å². The van der Waals surface area contributed by atoms with Crippen LogP contribution in [-0.2, 0) is 0 Å². The molecular weight excluding hydrogens is 330 g/mol. The summed E-state index contributed by atoms with van der Waals surface area (Å²) < 4.78 is 0. The minimum absolute atomic E-state index is 0.721. The number of rotatable bonds is 7. The first-order valence-electron chi connectivity index (χ1n) is 12.1. The van der Waals surface area contributed by atoms with Crippen LogP contribution < -0.4 is 0 Å². The quantitative estimate of drug-likeness (QED) is 0.666. The van der Waals surface area contributed by atoms with Crippen molar-refractivity contribution < 1.29 is 0 Å². The monoisotopic (exact) mass is 373 g/mol. The van der Waals surface area contributed by atoms with E-state index in [1.54, 1.807) is 12.8 Å². The summed E-state index contributed by atoms with van der Waals surface area (Å²) in [6.45, 7) is 13.1. The molecule has 0 aromatic rings. The summed E-state index contributed by atoms with van der Waals surface area (Å²) in [5.41, 5.74) is 1.48. The predicted molar refractivity (Wildman–Crippen MR) is 113 cm³/mol. The fourth-order valence-corrected chi connectivity index (χ4v) is 7.26. The third-order valence-electron chi connectivity index (χ3n) is 9.37. The van der Waals surface area contributed by atoms with Gasteiger partial charge in [0.05, 0.1) is 0 Å². The van der Waals surface area contributed by atoms with Gasteiger partial charge in [0.2, 0.25) is 0 Å². The minimum atomic E-state index is 0.721. The van der Waals surface area contributed by atoms with Crippen LogP contribution in [0.5, 0.6) is 0 Å². The van der Waals surface area contributed by atoms with Crippen LogP contribution in [0.2, 0.25) is 0 Å². The average molecular weight is 374 g/mol. The first-order chi connectivity index (χ1) is 13.0. The molecular formula is C24H43N3. The van der Waals surface area contributed by atoms with Gasteiger partial charge in [-0.3, -0.25) is 9.80 Å². The van der Waals surface area contributed by atoms with E-state index in [-0.39, 0.29) is 0 Å². The van der Waals surface area contributed by atoms with Crippen molar-refractivity contribution in [2.24, 2.45) is 22.7 Å². The van der Waals surface area contributed by atoms with Crippen molar-refractivity contribution in [1.82, 2.24) is 14.7 Å². The number of piperazine rings is 1. The first-order valence-corrected chi connectivity index (χ1v) is 12.1. The average Bonchev–Trinajstić information content (AvgIpc) is 3.38. The summed E-state index contributed by atoms with van der Waals surface area (Å²) >= 11 is 0.